The molecule has 0 bridgehead atoms. The number of ether oxygens (including phenoxy) is 2. The van der Waals surface area contributed by atoms with E-state index in [9.17, 15) is 4.79 Å². The number of benzene rings is 2. The first kappa shape index (κ1) is 18.3. The Morgan fingerprint density at radius 2 is 1.93 bits per heavy atom. The second kappa shape index (κ2) is 7.92. The summed E-state index contributed by atoms with van der Waals surface area (Å²) >= 11 is 0. The summed E-state index contributed by atoms with van der Waals surface area (Å²) in [5.74, 6) is 2.33. The van der Waals surface area contributed by atoms with Crippen molar-refractivity contribution in [2.24, 2.45) is 5.92 Å². The molecule has 6 nitrogen and oxygen atoms in total. The monoisotopic (exact) mass is 379 g/mol. The molecule has 0 spiro atoms. The highest BCUT2D eigenvalue weighted by Gasteiger charge is 2.22. The molecular weight excluding hydrogens is 354 g/mol. The van der Waals surface area contributed by atoms with Gasteiger partial charge in [-0.25, -0.2) is 4.98 Å². The van der Waals surface area contributed by atoms with Gasteiger partial charge >= 0.3 is 0 Å². The lowest BCUT2D eigenvalue weighted by atomic mass is 10.0. The van der Waals surface area contributed by atoms with Crippen molar-refractivity contribution >= 4 is 16.9 Å². The molecule has 2 heterocycles. The van der Waals surface area contributed by atoms with Crippen molar-refractivity contribution in [3.63, 3.8) is 0 Å². The number of fused-ring (bicyclic) bond motifs is 2. The molecule has 0 saturated heterocycles. The van der Waals surface area contributed by atoms with Crippen molar-refractivity contribution < 1.29 is 14.3 Å². The quantitative estimate of drug-likeness (QED) is 0.695. The zero-order chi connectivity index (χ0) is 19.5. The maximum absolute atomic E-state index is 12.9. The van der Waals surface area contributed by atoms with E-state index in [2.05, 4.69) is 29.1 Å². The lowest BCUT2D eigenvalue weighted by molar-refractivity contribution is 0.0929. The van der Waals surface area contributed by atoms with Crippen LogP contribution in [-0.4, -0.2) is 29.1 Å². The van der Waals surface area contributed by atoms with Crippen LogP contribution in [0, 0.1) is 5.92 Å². The Labute approximate surface area is 164 Å². The highest BCUT2D eigenvalue weighted by atomic mass is 16.5. The van der Waals surface area contributed by atoms with Crippen molar-refractivity contribution in [1.29, 1.82) is 0 Å². The average Bonchev–Trinajstić information content (AvgIpc) is 2.98. The first-order chi connectivity index (χ1) is 13.6. The maximum Gasteiger partial charge on any atom is 0.252 e. The van der Waals surface area contributed by atoms with Gasteiger partial charge in [-0.1, -0.05) is 26.0 Å². The number of rotatable bonds is 5. The van der Waals surface area contributed by atoms with Gasteiger partial charge in [-0.15, -0.1) is 0 Å². The molecular formula is C22H25N3O3. The van der Waals surface area contributed by atoms with Gasteiger partial charge in [-0.2, -0.15) is 0 Å². The predicted octanol–water partition coefficient (Wildman–Crippen LogP) is 4.24. The molecule has 3 aromatic rings. The number of aromatic nitrogens is 2. The van der Waals surface area contributed by atoms with Gasteiger partial charge in [-0.05, 0) is 42.7 Å². The van der Waals surface area contributed by atoms with Crippen LogP contribution in [0.1, 0.15) is 48.9 Å². The molecule has 2 N–H and O–H groups in total. The normalized spacial score (nSPS) is 14.7. The fourth-order valence-corrected chi connectivity index (χ4v) is 3.39. The van der Waals surface area contributed by atoms with Crippen molar-refractivity contribution in [3.8, 4) is 11.5 Å². The van der Waals surface area contributed by atoms with Crippen molar-refractivity contribution in [3.05, 3.63) is 53.9 Å². The fraction of sp³-hybridized carbons (Fsp3) is 0.364. The smallest absolute Gasteiger partial charge is 0.252 e. The molecule has 6 heteroatoms. The zero-order valence-electron chi connectivity index (χ0n) is 16.2. The summed E-state index contributed by atoms with van der Waals surface area (Å²) in [5.41, 5.74) is 2.42. The molecule has 1 aliphatic rings. The number of amides is 1. The number of nitrogens with zero attached hydrogens (tertiary/aromatic N) is 1. The summed E-state index contributed by atoms with van der Waals surface area (Å²) in [5, 5.41) is 3.14. The number of carbonyl (C=O) groups excluding carboxylic acids is 1. The van der Waals surface area contributed by atoms with Crippen molar-refractivity contribution in [2.45, 2.75) is 32.7 Å². The minimum Gasteiger partial charge on any atom is -0.490 e. The summed E-state index contributed by atoms with van der Waals surface area (Å²) in [4.78, 5) is 21.0. The van der Waals surface area contributed by atoms with E-state index >= 15 is 0 Å². The molecule has 28 heavy (non-hydrogen) atoms. The van der Waals surface area contributed by atoms with E-state index in [-0.39, 0.29) is 11.9 Å². The summed E-state index contributed by atoms with van der Waals surface area (Å²) < 4.78 is 11.4. The van der Waals surface area contributed by atoms with Gasteiger partial charge in [0.25, 0.3) is 5.91 Å². The Hall–Kier alpha value is -3.02. The summed E-state index contributed by atoms with van der Waals surface area (Å²) in [6.07, 6.45) is 1.62. The van der Waals surface area contributed by atoms with Gasteiger partial charge in [0.05, 0.1) is 30.3 Å². The molecule has 1 atom stereocenters. The summed E-state index contributed by atoms with van der Waals surface area (Å²) in [7, 11) is 0. The van der Waals surface area contributed by atoms with Crippen LogP contribution in [0.5, 0.6) is 11.5 Å². The Kier molecular flexibility index (Phi) is 5.19. The van der Waals surface area contributed by atoms with E-state index in [1.807, 2.05) is 24.3 Å². The van der Waals surface area contributed by atoms with E-state index in [0.717, 1.165) is 29.7 Å². The number of carbonyl (C=O) groups is 1. The molecule has 0 fully saturated rings. The van der Waals surface area contributed by atoms with Gasteiger partial charge in [0.2, 0.25) is 0 Å². The van der Waals surface area contributed by atoms with Gasteiger partial charge in [0, 0.05) is 12.0 Å². The number of H-pyrrole nitrogens is 1. The first-order valence-electron chi connectivity index (χ1n) is 9.75. The topological polar surface area (TPSA) is 76.2 Å². The highest BCUT2D eigenvalue weighted by Crippen LogP contribution is 2.31. The zero-order valence-corrected chi connectivity index (χ0v) is 16.2. The van der Waals surface area contributed by atoms with E-state index in [1.165, 1.54) is 0 Å². The predicted molar refractivity (Wildman–Crippen MR) is 108 cm³/mol. The first-order valence-corrected chi connectivity index (χ1v) is 9.75. The SMILES string of the molecule is CC(C)C[C@H](NC(=O)c1ccc2c(c1)OCCCO2)c1nc2ccccc2[nH]1. The summed E-state index contributed by atoms with van der Waals surface area (Å²) in [6.45, 7) is 5.48. The second-order valence-corrected chi connectivity index (χ2v) is 7.51. The molecule has 0 aliphatic carbocycles. The van der Waals surface area contributed by atoms with Crippen LogP contribution in [-0.2, 0) is 0 Å². The fourth-order valence-electron chi connectivity index (χ4n) is 3.39. The Bertz CT molecular complexity index is 947. The lowest BCUT2D eigenvalue weighted by Gasteiger charge is -2.19. The van der Waals surface area contributed by atoms with Crippen LogP contribution < -0.4 is 14.8 Å². The largest absolute Gasteiger partial charge is 0.490 e. The number of para-hydroxylation sites is 2. The molecule has 4 rings (SSSR count). The average molecular weight is 379 g/mol. The minimum atomic E-state index is -0.198. The third-order valence-electron chi connectivity index (χ3n) is 4.76. The standard InChI is InChI=1S/C22H25N3O3/c1-14(2)12-18(21-23-16-6-3-4-7-17(16)24-21)25-22(26)15-8-9-19-20(13-15)28-11-5-10-27-19/h3-4,6-9,13-14,18H,5,10-12H2,1-2H3,(H,23,24)(H,25,26)/t18-/m0/s1. The van der Waals surface area contributed by atoms with Crippen molar-refractivity contribution in [2.75, 3.05) is 13.2 Å². The van der Waals surface area contributed by atoms with Gasteiger partial charge < -0.3 is 19.8 Å². The Morgan fingerprint density at radius 3 is 2.71 bits per heavy atom. The van der Waals surface area contributed by atoms with E-state index in [4.69, 9.17) is 9.47 Å². The number of aromatic amines is 1. The molecule has 0 unspecified atom stereocenters. The number of hydrogen-bond acceptors (Lipinski definition) is 4. The lowest BCUT2D eigenvalue weighted by Crippen LogP contribution is -2.30. The van der Waals surface area contributed by atoms with E-state index in [0.29, 0.717) is 36.2 Å². The van der Waals surface area contributed by atoms with Crippen LogP contribution >= 0.6 is 0 Å². The van der Waals surface area contributed by atoms with Gasteiger partial charge in [0.15, 0.2) is 11.5 Å². The van der Waals surface area contributed by atoms with Crippen LogP contribution in [0.15, 0.2) is 42.5 Å². The molecule has 2 aromatic carbocycles. The van der Waals surface area contributed by atoms with E-state index in [1.54, 1.807) is 18.2 Å². The van der Waals surface area contributed by atoms with Gasteiger partial charge in [0.1, 0.15) is 5.82 Å². The second-order valence-electron chi connectivity index (χ2n) is 7.51. The third-order valence-corrected chi connectivity index (χ3v) is 4.76. The molecule has 0 saturated carbocycles. The molecule has 1 aromatic heterocycles. The minimum absolute atomic E-state index is 0.151. The van der Waals surface area contributed by atoms with Crippen molar-refractivity contribution in [1.82, 2.24) is 15.3 Å². The maximum atomic E-state index is 12.9. The molecule has 1 aliphatic heterocycles. The van der Waals surface area contributed by atoms with Crippen LogP contribution in [0.3, 0.4) is 0 Å². The highest BCUT2D eigenvalue weighted by molar-refractivity contribution is 5.95. The number of imidazole rings is 1. The third kappa shape index (κ3) is 3.96. The Balaban J connectivity index is 1.58. The van der Waals surface area contributed by atoms with Crippen LogP contribution in [0.4, 0.5) is 0 Å². The molecule has 146 valence electrons. The molecule has 1 amide bonds. The van der Waals surface area contributed by atoms with E-state index < -0.39 is 0 Å². The Morgan fingerprint density at radius 1 is 1.14 bits per heavy atom. The number of nitrogens with one attached hydrogen (secondary N) is 2. The van der Waals surface area contributed by atoms with Gasteiger partial charge in [-0.3, -0.25) is 4.79 Å². The van der Waals surface area contributed by atoms with Crippen LogP contribution in [0.25, 0.3) is 11.0 Å². The summed E-state index contributed by atoms with van der Waals surface area (Å²) in [6, 6.07) is 13.0. The van der Waals surface area contributed by atoms with Crippen LogP contribution in [0.2, 0.25) is 0 Å². The molecule has 0 radical (unpaired) electrons. The number of hydrogen-bond donors (Lipinski definition) is 2.